The van der Waals surface area contributed by atoms with Gasteiger partial charge in [-0.2, -0.15) is 0 Å². The van der Waals surface area contributed by atoms with Gasteiger partial charge in [-0.1, -0.05) is 22.0 Å². The highest BCUT2D eigenvalue weighted by molar-refractivity contribution is 9.10. The highest BCUT2D eigenvalue weighted by Gasteiger charge is 2.29. The molecule has 1 aliphatic rings. The van der Waals surface area contributed by atoms with Gasteiger partial charge in [-0.3, -0.25) is 4.90 Å². The van der Waals surface area contributed by atoms with E-state index in [0.29, 0.717) is 5.56 Å². The molecule has 1 aromatic heterocycles. The van der Waals surface area contributed by atoms with Crippen LogP contribution in [0.1, 0.15) is 16.5 Å². The number of nitrogens with one attached hydrogen (secondary N) is 1. The molecule has 0 radical (unpaired) electrons. The van der Waals surface area contributed by atoms with E-state index in [2.05, 4.69) is 26.1 Å². The molecule has 3 rings (SSSR count). The molecule has 0 aliphatic carbocycles. The first-order chi connectivity index (χ1) is 10.2. The third kappa shape index (κ3) is 2.99. The van der Waals surface area contributed by atoms with Crippen molar-refractivity contribution in [1.82, 2.24) is 10.2 Å². The van der Waals surface area contributed by atoms with Gasteiger partial charge in [0.1, 0.15) is 0 Å². The lowest BCUT2D eigenvalue weighted by Crippen LogP contribution is -2.45. The molecular formula is C15H16BrFN2OS. The molecule has 21 heavy (non-hydrogen) atoms. The summed E-state index contributed by atoms with van der Waals surface area (Å²) in [7, 11) is 0. The van der Waals surface area contributed by atoms with Gasteiger partial charge in [0, 0.05) is 41.1 Å². The normalized spacial score (nSPS) is 17.8. The molecule has 2 aromatic rings. The Bertz CT molecular complexity index is 614. The second-order valence-corrected chi connectivity index (χ2v) is 6.83. The predicted molar refractivity (Wildman–Crippen MR) is 86.4 cm³/mol. The summed E-state index contributed by atoms with van der Waals surface area (Å²) in [5.41, 5.74) is 0.611. The number of benzene rings is 1. The Labute approximate surface area is 135 Å². The van der Waals surface area contributed by atoms with E-state index >= 15 is 0 Å². The lowest BCUT2D eigenvalue weighted by Gasteiger charge is -2.35. The van der Waals surface area contributed by atoms with Crippen molar-refractivity contribution in [3.63, 3.8) is 0 Å². The molecule has 2 N–H and O–H groups in total. The molecule has 0 saturated carbocycles. The summed E-state index contributed by atoms with van der Waals surface area (Å²) in [5, 5.41) is 15.6. The van der Waals surface area contributed by atoms with Gasteiger partial charge < -0.3 is 10.4 Å². The van der Waals surface area contributed by atoms with E-state index < -0.39 is 5.82 Å². The number of phenols is 1. The van der Waals surface area contributed by atoms with Crippen molar-refractivity contribution in [1.29, 1.82) is 0 Å². The topological polar surface area (TPSA) is 35.5 Å². The van der Waals surface area contributed by atoms with Gasteiger partial charge >= 0.3 is 0 Å². The molecule has 0 spiro atoms. The van der Waals surface area contributed by atoms with E-state index in [1.807, 2.05) is 17.5 Å². The Morgan fingerprint density at radius 2 is 2.05 bits per heavy atom. The average Bonchev–Trinajstić information content (AvgIpc) is 3.02. The fourth-order valence-electron chi connectivity index (χ4n) is 2.71. The van der Waals surface area contributed by atoms with Crippen LogP contribution >= 0.6 is 27.3 Å². The van der Waals surface area contributed by atoms with Gasteiger partial charge in [0.2, 0.25) is 0 Å². The lowest BCUT2D eigenvalue weighted by molar-refractivity contribution is 0.197. The fourth-order valence-corrected chi connectivity index (χ4v) is 4.11. The summed E-state index contributed by atoms with van der Waals surface area (Å²) in [4.78, 5) is 3.39. The number of phenolic OH excluding ortho intramolecular Hbond substituents is 1. The van der Waals surface area contributed by atoms with E-state index in [1.54, 1.807) is 17.4 Å². The van der Waals surface area contributed by atoms with Crippen LogP contribution in [0, 0.1) is 5.82 Å². The molecular weight excluding hydrogens is 355 g/mol. The van der Waals surface area contributed by atoms with Crippen LogP contribution in [0.25, 0.3) is 0 Å². The number of piperazine rings is 1. The maximum atomic E-state index is 13.8. The number of aromatic hydroxyl groups is 1. The number of hydrogen-bond donors (Lipinski definition) is 2. The number of rotatable bonds is 3. The van der Waals surface area contributed by atoms with Gasteiger partial charge in [-0.15, -0.1) is 11.3 Å². The van der Waals surface area contributed by atoms with Crippen LogP contribution in [-0.2, 0) is 0 Å². The Morgan fingerprint density at radius 3 is 2.71 bits per heavy atom. The monoisotopic (exact) mass is 370 g/mol. The van der Waals surface area contributed by atoms with Crippen molar-refractivity contribution in [2.24, 2.45) is 0 Å². The van der Waals surface area contributed by atoms with Crippen molar-refractivity contribution in [2.75, 3.05) is 26.2 Å². The highest BCUT2D eigenvalue weighted by Crippen LogP contribution is 2.41. The molecule has 112 valence electrons. The number of thiophene rings is 1. The minimum atomic E-state index is -0.579. The summed E-state index contributed by atoms with van der Waals surface area (Å²) >= 11 is 5.10. The quantitative estimate of drug-likeness (QED) is 0.869. The zero-order valence-electron chi connectivity index (χ0n) is 11.4. The standard InChI is InChI=1S/C15H16BrFN2OS/c16-10-3-4-11(17)15(20)13(10)14(12-2-1-9-21-12)19-7-5-18-6-8-19/h1-4,9,14,18,20H,5-8H2/t14-/m1/s1. The first-order valence-electron chi connectivity index (χ1n) is 6.83. The molecule has 0 bridgehead atoms. The van der Waals surface area contributed by atoms with Crippen LogP contribution in [0.3, 0.4) is 0 Å². The second kappa shape index (κ2) is 6.44. The Hall–Kier alpha value is -0.950. The maximum Gasteiger partial charge on any atom is 0.165 e. The zero-order chi connectivity index (χ0) is 14.8. The van der Waals surface area contributed by atoms with E-state index in [4.69, 9.17) is 0 Å². The fraction of sp³-hybridized carbons (Fsp3) is 0.333. The van der Waals surface area contributed by atoms with Crippen molar-refractivity contribution < 1.29 is 9.50 Å². The minimum absolute atomic E-state index is 0.128. The minimum Gasteiger partial charge on any atom is -0.505 e. The third-order valence-corrected chi connectivity index (χ3v) is 5.33. The summed E-state index contributed by atoms with van der Waals surface area (Å²) in [6.07, 6.45) is 0. The Kier molecular flexibility index (Phi) is 4.59. The molecule has 1 aliphatic heterocycles. The van der Waals surface area contributed by atoms with Crippen LogP contribution in [0.4, 0.5) is 4.39 Å². The van der Waals surface area contributed by atoms with Crippen molar-refractivity contribution in [2.45, 2.75) is 6.04 Å². The van der Waals surface area contributed by atoms with Crippen LogP contribution in [0.2, 0.25) is 0 Å². The Morgan fingerprint density at radius 1 is 1.29 bits per heavy atom. The summed E-state index contributed by atoms with van der Waals surface area (Å²) in [6.45, 7) is 3.53. The Balaban J connectivity index is 2.09. The molecule has 1 aromatic carbocycles. The molecule has 1 atom stereocenters. The van der Waals surface area contributed by atoms with Crippen LogP contribution in [0.5, 0.6) is 5.75 Å². The van der Waals surface area contributed by atoms with E-state index in [9.17, 15) is 9.50 Å². The van der Waals surface area contributed by atoms with Gasteiger partial charge in [0.15, 0.2) is 11.6 Å². The number of halogens is 2. The average molecular weight is 371 g/mol. The van der Waals surface area contributed by atoms with E-state index in [1.165, 1.54) is 6.07 Å². The van der Waals surface area contributed by atoms with Crippen LogP contribution in [0.15, 0.2) is 34.1 Å². The van der Waals surface area contributed by atoms with Crippen molar-refractivity contribution >= 4 is 27.3 Å². The van der Waals surface area contributed by atoms with Gasteiger partial charge in [-0.05, 0) is 23.6 Å². The predicted octanol–water partition coefficient (Wildman–Crippen LogP) is 3.35. The number of nitrogens with zero attached hydrogens (tertiary/aromatic N) is 1. The number of hydrogen-bond acceptors (Lipinski definition) is 4. The van der Waals surface area contributed by atoms with Crippen molar-refractivity contribution in [3.05, 3.63) is 50.4 Å². The first-order valence-corrected chi connectivity index (χ1v) is 8.51. The maximum absolute atomic E-state index is 13.8. The first kappa shape index (κ1) is 15.0. The van der Waals surface area contributed by atoms with Gasteiger partial charge in [0.25, 0.3) is 0 Å². The highest BCUT2D eigenvalue weighted by atomic mass is 79.9. The molecule has 1 fully saturated rings. The SMILES string of the molecule is Oc1c(F)ccc(Br)c1[C@@H](c1cccs1)N1CCNCC1. The second-order valence-electron chi connectivity index (χ2n) is 5.00. The molecule has 2 heterocycles. The molecule has 3 nitrogen and oxygen atoms in total. The van der Waals surface area contributed by atoms with E-state index in [-0.39, 0.29) is 11.8 Å². The van der Waals surface area contributed by atoms with Crippen LogP contribution in [-0.4, -0.2) is 36.2 Å². The lowest BCUT2D eigenvalue weighted by atomic mass is 10.0. The molecule has 6 heteroatoms. The molecule has 0 amide bonds. The third-order valence-electron chi connectivity index (χ3n) is 3.72. The summed E-state index contributed by atoms with van der Waals surface area (Å²) in [6, 6.07) is 6.84. The van der Waals surface area contributed by atoms with Gasteiger partial charge in [-0.25, -0.2) is 4.39 Å². The largest absolute Gasteiger partial charge is 0.505 e. The van der Waals surface area contributed by atoms with Crippen molar-refractivity contribution in [3.8, 4) is 5.75 Å². The molecule has 1 saturated heterocycles. The zero-order valence-corrected chi connectivity index (χ0v) is 13.8. The summed E-state index contributed by atoms with van der Waals surface area (Å²) < 4.78 is 14.6. The summed E-state index contributed by atoms with van der Waals surface area (Å²) in [5.74, 6) is -0.841. The smallest absolute Gasteiger partial charge is 0.165 e. The van der Waals surface area contributed by atoms with Gasteiger partial charge in [0.05, 0.1) is 6.04 Å². The van der Waals surface area contributed by atoms with E-state index in [0.717, 1.165) is 35.5 Å². The van der Waals surface area contributed by atoms with Crippen LogP contribution < -0.4 is 5.32 Å². The molecule has 0 unspecified atom stereocenters.